The minimum Gasteiger partial charge on any atom is -0.507 e. The number of piperazine rings is 1. The summed E-state index contributed by atoms with van der Waals surface area (Å²) in [6.45, 7) is 3.78. The molecule has 4 N–H and O–H groups in total. The highest BCUT2D eigenvalue weighted by atomic mass is 35.5. The van der Waals surface area contributed by atoms with E-state index < -0.39 is 0 Å². The number of anilines is 3. The molecule has 0 spiro atoms. The van der Waals surface area contributed by atoms with Gasteiger partial charge in [0.25, 0.3) is 0 Å². The molecule has 0 radical (unpaired) electrons. The largest absolute Gasteiger partial charge is 0.507 e. The smallest absolute Gasteiger partial charge is 0.169 e. The maximum absolute atomic E-state index is 10.3. The molecule has 0 amide bonds. The number of piperidine rings is 1. The van der Waals surface area contributed by atoms with Crippen LogP contribution in [-0.4, -0.2) is 59.7 Å². The average Bonchev–Trinajstić information content (AvgIpc) is 3.15. The van der Waals surface area contributed by atoms with Crippen LogP contribution in [0.3, 0.4) is 0 Å². The standard InChI is InChI=1S/C27H32N6O2.ClH/c28-27-25(15-24(30-31-27)23-6-1-2-7-26(23)34)32-16-19-8-9-20(17-32)33(19)18-4-3-5-22(14-18)35-21-10-12-29-13-11-21;/h1-7,14-15,19-21,29,34H,8-13,16-17H2,(H2,28,31);1H/t19-,20+;. The van der Waals surface area contributed by atoms with Crippen LogP contribution in [0.2, 0.25) is 0 Å². The molecule has 0 saturated carbocycles. The summed E-state index contributed by atoms with van der Waals surface area (Å²) in [4.78, 5) is 4.91. The number of hydrogen-bond acceptors (Lipinski definition) is 8. The van der Waals surface area contributed by atoms with Crippen molar-refractivity contribution in [3.05, 3.63) is 54.6 Å². The highest BCUT2D eigenvalue weighted by Gasteiger charge is 2.40. The van der Waals surface area contributed by atoms with Crippen molar-refractivity contribution in [2.45, 2.75) is 43.9 Å². The molecule has 1 aromatic heterocycles. The van der Waals surface area contributed by atoms with Crippen molar-refractivity contribution in [2.75, 3.05) is 41.7 Å². The molecule has 6 rings (SSSR count). The highest BCUT2D eigenvalue weighted by molar-refractivity contribution is 5.85. The van der Waals surface area contributed by atoms with Crippen LogP contribution in [0.4, 0.5) is 17.2 Å². The Bertz CT molecular complexity index is 1190. The Balaban J connectivity index is 0.00000267. The third-order valence-electron chi connectivity index (χ3n) is 7.51. The maximum atomic E-state index is 10.3. The number of hydrogen-bond donors (Lipinski definition) is 3. The molecule has 3 aromatic rings. The number of halogens is 1. The monoisotopic (exact) mass is 508 g/mol. The summed E-state index contributed by atoms with van der Waals surface area (Å²) in [5.74, 6) is 1.58. The van der Waals surface area contributed by atoms with Gasteiger partial charge in [0.15, 0.2) is 5.82 Å². The lowest BCUT2D eigenvalue weighted by Crippen LogP contribution is -2.54. The summed E-state index contributed by atoms with van der Waals surface area (Å²) >= 11 is 0. The van der Waals surface area contributed by atoms with Crippen LogP contribution in [0.15, 0.2) is 54.6 Å². The summed E-state index contributed by atoms with van der Waals surface area (Å²) in [7, 11) is 0. The van der Waals surface area contributed by atoms with Crippen LogP contribution in [0.1, 0.15) is 25.7 Å². The predicted octanol–water partition coefficient (Wildman–Crippen LogP) is 3.84. The number of para-hydroxylation sites is 1. The molecule has 190 valence electrons. The number of nitrogens with two attached hydrogens (primary N) is 1. The molecule has 8 nitrogen and oxygen atoms in total. The van der Waals surface area contributed by atoms with Crippen LogP contribution in [0, 0.1) is 0 Å². The van der Waals surface area contributed by atoms with Crippen molar-refractivity contribution in [1.29, 1.82) is 0 Å². The van der Waals surface area contributed by atoms with E-state index in [4.69, 9.17) is 10.5 Å². The lowest BCUT2D eigenvalue weighted by atomic mass is 10.1. The second-order valence-corrected chi connectivity index (χ2v) is 9.78. The number of fused-ring (bicyclic) bond motifs is 2. The Kier molecular flexibility index (Phi) is 7.07. The van der Waals surface area contributed by atoms with E-state index >= 15 is 0 Å². The minimum atomic E-state index is 0. The Hall–Kier alpha value is -3.23. The van der Waals surface area contributed by atoms with Crippen molar-refractivity contribution in [3.8, 4) is 22.8 Å². The van der Waals surface area contributed by atoms with Gasteiger partial charge in [-0.25, -0.2) is 0 Å². The Morgan fingerprint density at radius 1 is 0.917 bits per heavy atom. The zero-order valence-corrected chi connectivity index (χ0v) is 21.0. The number of aromatic hydroxyl groups is 1. The third kappa shape index (κ3) is 4.75. The van der Waals surface area contributed by atoms with E-state index in [2.05, 4.69) is 49.6 Å². The van der Waals surface area contributed by atoms with Crippen LogP contribution in [0.25, 0.3) is 11.3 Å². The van der Waals surface area contributed by atoms with Crippen LogP contribution in [0.5, 0.6) is 11.5 Å². The molecule has 3 saturated heterocycles. The number of benzene rings is 2. The van der Waals surface area contributed by atoms with E-state index in [1.165, 1.54) is 5.69 Å². The average molecular weight is 509 g/mol. The maximum Gasteiger partial charge on any atom is 0.169 e. The van der Waals surface area contributed by atoms with Crippen LogP contribution in [-0.2, 0) is 0 Å². The van der Waals surface area contributed by atoms with Crippen molar-refractivity contribution in [2.24, 2.45) is 0 Å². The number of nitrogen functional groups attached to an aromatic ring is 1. The molecule has 36 heavy (non-hydrogen) atoms. The van der Waals surface area contributed by atoms with Gasteiger partial charge in [0.05, 0.1) is 11.4 Å². The lowest BCUT2D eigenvalue weighted by molar-refractivity contribution is 0.162. The van der Waals surface area contributed by atoms with Gasteiger partial charge in [0.2, 0.25) is 0 Å². The summed E-state index contributed by atoms with van der Waals surface area (Å²) in [5.41, 5.74) is 9.70. The molecule has 2 bridgehead atoms. The molecule has 0 unspecified atom stereocenters. The van der Waals surface area contributed by atoms with Gasteiger partial charge >= 0.3 is 0 Å². The lowest BCUT2D eigenvalue weighted by Gasteiger charge is -2.43. The normalized spacial score (nSPS) is 21.8. The van der Waals surface area contributed by atoms with E-state index in [1.54, 1.807) is 12.1 Å². The minimum absolute atomic E-state index is 0. The van der Waals surface area contributed by atoms with E-state index in [0.717, 1.165) is 63.3 Å². The number of ether oxygens (including phenoxy) is 1. The molecule has 9 heteroatoms. The number of nitrogens with one attached hydrogen (secondary N) is 1. The first-order valence-corrected chi connectivity index (χ1v) is 12.6. The molecular formula is C27H33ClN6O2. The molecule has 0 aliphatic carbocycles. The number of nitrogens with zero attached hydrogens (tertiary/aromatic N) is 4. The van der Waals surface area contributed by atoms with Gasteiger partial charge in [-0.05, 0) is 69.1 Å². The quantitative estimate of drug-likeness (QED) is 0.478. The summed E-state index contributed by atoms with van der Waals surface area (Å²) in [6, 6.07) is 18.5. The van der Waals surface area contributed by atoms with Crippen molar-refractivity contribution in [3.63, 3.8) is 0 Å². The highest BCUT2D eigenvalue weighted by Crippen LogP contribution is 2.39. The van der Waals surface area contributed by atoms with Gasteiger partial charge in [-0.2, -0.15) is 0 Å². The SMILES string of the molecule is Cl.Nc1nnc(-c2ccccc2O)cc1N1C[C@H]2CC[C@@H](C1)N2c1cccc(OC2CCNCC2)c1. The van der Waals surface area contributed by atoms with Crippen LogP contribution < -0.4 is 25.6 Å². The summed E-state index contributed by atoms with van der Waals surface area (Å²) in [6.07, 6.45) is 4.69. The number of phenolic OH excluding ortho intramolecular Hbond substituents is 1. The molecule has 3 fully saturated rings. The van der Waals surface area contributed by atoms with Gasteiger partial charge < -0.3 is 30.7 Å². The topological polar surface area (TPSA) is 99.8 Å². The second-order valence-electron chi connectivity index (χ2n) is 9.78. The Labute approximate surface area is 217 Å². The fourth-order valence-electron chi connectivity index (χ4n) is 5.81. The number of rotatable bonds is 5. The fraction of sp³-hybridized carbons (Fsp3) is 0.407. The molecule has 3 aliphatic rings. The summed E-state index contributed by atoms with van der Waals surface area (Å²) < 4.78 is 6.32. The molecule has 2 atom stereocenters. The van der Waals surface area contributed by atoms with Gasteiger partial charge in [-0.15, -0.1) is 22.6 Å². The number of phenols is 1. The van der Waals surface area contributed by atoms with Gasteiger partial charge in [0.1, 0.15) is 17.6 Å². The third-order valence-corrected chi connectivity index (χ3v) is 7.51. The van der Waals surface area contributed by atoms with E-state index in [-0.39, 0.29) is 18.2 Å². The second kappa shape index (κ2) is 10.4. The summed E-state index contributed by atoms with van der Waals surface area (Å²) in [5, 5.41) is 22.2. The first kappa shape index (κ1) is 24.5. The Morgan fingerprint density at radius 3 is 2.42 bits per heavy atom. The van der Waals surface area contributed by atoms with Crippen molar-refractivity contribution in [1.82, 2.24) is 15.5 Å². The van der Waals surface area contributed by atoms with Crippen LogP contribution >= 0.6 is 12.4 Å². The first-order chi connectivity index (χ1) is 17.2. The molecule has 3 aliphatic heterocycles. The Morgan fingerprint density at radius 2 is 1.67 bits per heavy atom. The zero-order chi connectivity index (χ0) is 23.8. The van der Waals surface area contributed by atoms with E-state index in [0.29, 0.717) is 35.3 Å². The van der Waals surface area contributed by atoms with Gasteiger partial charge in [-0.3, -0.25) is 0 Å². The first-order valence-electron chi connectivity index (χ1n) is 12.6. The van der Waals surface area contributed by atoms with Crippen molar-refractivity contribution >= 4 is 29.6 Å². The predicted molar refractivity (Wildman–Crippen MR) is 145 cm³/mol. The van der Waals surface area contributed by atoms with Gasteiger partial charge in [-0.1, -0.05) is 18.2 Å². The van der Waals surface area contributed by atoms with Crippen molar-refractivity contribution < 1.29 is 9.84 Å². The molecule has 2 aromatic carbocycles. The van der Waals surface area contributed by atoms with Gasteiger partial charge in [0, 0.05) is 42.5 Å². The number of aromatic nitrogens is 2. The molecular weight excluding hydrogens is 476 g/mol. The van der Waals surface area contributed by atoms with E-state index in [1.807, 2.05) is 18.2 Å². The van der Waals surface area contributed by atoms with E-state index in [9.17, 15) is 5.11 Å². The zero-order valence-electron chi connectivity index (χ0n) is 20.2. The molecule has 4 heterocycles. The fourth-order valence-corrected chi connectivity index (χ4v) is 5.81.